The van der Waals surface area contributed by atoms with E-state index in [2.05, 4.69) is 0 Å². The number of aliphatic hydroxyl groups excluding tert-OH is 6. The van der Waals surface area contributed by atoms with Crippen molar-refractivity contribution in [2.24, 2.45) is 0 Å². The maximum absolute atomic E-state index is 9.08. The zero-order valence-corrected chi connectivity index (χ0v) is 20.7. The molecule has 12 nitrogen and oxygen atoms in total. The second-order valence-electron chi connectivity index (χ2n) is 6.27. The molecule has 0 radical (unpaired) electrons. The molecule has 13 heteroatoms. The summed E-state index contributed by atoms with van der Waals surface area (Å²) in [6.07, 6.45) is 1.53. The maximum Gasteiger partial charge on any atom is 0.0558 e. The van der Waals surface area contributed by atoms with E-state index in [1.165, 1.54) is 0 Å². The molecule has 192 valence electrons. The van der Waals surface area contributed by atoms with E-state index >= 15 is 0 Å². The molecule has 0 fully saturated rings. The van der Waals surface area contributed by atoms with Crippen molar-refractivity contribution < 1.29 is 62.8 Å². The van der Waals surface area contributed by atoms with Crippen LogP contribution >= 0.6 is 0 Å². The van der Waals surface area contributed by atoms with Gasteiger partial charge in [0.2, 0.25) is 0 Å². The van der Waals surface area contributed by atoms with Crippen LogP contribution in [0.2, 0.25) is 0 Å². The van der Waals surface area contributed by atoms with Crippen molar-refractivity contribution in [2.75, 3.05) is 92.1 Å². The Kier molecular flexibility index (Phi) is 32.7. The van der Waals surface area contributed by atoms with Crippen LogP contribution in [0.4, 0.5) is 0 Å². The Bertz CT molecular complexity index is 277. The van der Waals surface area contributed by atoms with Gasteiger partial charge in [0.1, 0.15) is 0 Å². The zero-order chi connectivity index (χ0) is 24.4. The van der Waals surface area contributed by atoms with Gasteiger partial charge in [-0.15, -0.1) is 0 Å². The molecule has 0 aliphatic heterocycles. The monoisotopic (exact) mass is 498 g/mol. The van der Waals surface area contributed by atoms with Crippen LogP contribution in [0.3, 0.4) is 0 Å². The average Bonchev–Trinajstić information content (AvgIpc) is 2.73. The molecule has 0 aromatic heterocycles. The van der Waals surface area contributed by atoms with Gasteiger partial charge in [-0.05, 0) is 0 Å². The fourth-order valence-electron chi connectivity index (χ4n) is 2.03. The largest absolute Gasteiger partial charge is 0.395 e. The average molecular weight is 498 g/mol. The summed E-state index contributed by atoms with van der Waals surface area (Å²) in [6.45, 7) is 8.02. The normalized spacial score (nSPS) is 11.2. The molecule has 0 saturated heterocycles. The number of hydrogen-bond acceptors (Lipinski definition) is 12. The van der Waals surface area contributed by atoms with Crippen LogP contribution in [0, 0.1) is 0 Å². The van der Waals surface area contributed by atoms with E-state index in [1.807, 2.05) is 13.8 Å². The minimum absolute atomic E-state index is 0.0694. The van der Waals surface area contributed by atoms with Crippen molar-refractivity contribution in [2.45, 2.75) is 26.7 Å². The van der Waals surface area contributed by atoms with Gasteiger partial charge in [0.05, 0.1) is 39.6 Å². The van der Waals surface area contributed by atoms with Gasteiger partial charge in [-0.2, -0.15) is 0 Å². The van der Waals surface area contributed by atoms with E-state index in [-0.39, 0.29) is 39.6 Å². The zero-order valence-electron chi connectivity index (χ0n) is 19.1. The van der Waals surface area contributed by atoms with Crippen molar-refractivity contribution in [3.8, 4) is 0 Å². The molecule has 0 aromatic carbocycles. The number of hydrogen-bond donors (Lipinski definition) is 8. The molecular weight excluding hydrogens is 452 g/mol. The van der Waals surface area contributed by atoms with Gasteiger partial charge in [-0.1, -0.05) is 0 Å². The quantitative estimate of drug-likeness (QED) is 0.0907. The summed E-state index contributed by atoms with van der Waals surface area (Å²) in [4.78, 5) is 3.58. The molecule has 0 rings (SSSR count). The Labute approximate surface area is 191 Å². The first-order valence-electron chi connectivity index (χ1n) is 10.6. The summed E-state index contributed by atoms with van der Waals surface area (Å²) in [5.74, 6) is 0. The van der Waals surface area contributed by atoms with E-state index < -0.39 is 18.1 Å². The third kappa shape index (κ3) is 30.2. The third-order valence-corrected chi connectivity index (χ3v) is 5.30. The Balaban J connectivity index is -0.000000380. The second-order valence-corrected chi connectivity index (χ2v) is 8.88. The topological polar surface area (TPSA) is 187 Å². The summed E-state index contributed by atoms with van der Waals surface area (Å²) in [5.41, 5.74) is 0. The molecule has 0 aromatic rings. The van der Waals surface area contributed by atoms with Crippen LogP contribution in [-0.2, 0) is 24.8 Å². The second kappa shape index (κ2) is 28.3. The first-order chi connectivity index (χ1) is 14.8. The van der Waals surface area contributed by atoms with Crippen molar-refractivity contribution in [3.63, 3.8) is 0 Å². The fraction of sp³-hybridized carbons (Fsp3) is 1.00. The maximum atomic E-state index is 9.08. The van der Waals surface area contributed by atoms with Gasteiger partial charge in [0.25, 0.3) is 0 Å². The Morgan fingerprint density at radius 2 is 0.742 bits per heavy atom. The number of aliphatic hydroxyl groups is 6. The van der Waals surface area contributed by atoms with Crippen molar-refractivity contribution >= 4 is 0 Å². The van der Waals surface area contributed by atoms with Crippen LogP contribution in [0.1, 0.15) is 26.7 Å². The molecule has 0 spiro atoms. The van der Waals surface area contributed by atoms with E-state index in [0.717, 1.165) is 12.8 Å². The summed E-state index contributed by atoms with van der Waals surface area (Å²) >= 11 is -4.22. The molecule has 0 aliphatic rings. The smallest absolute Gasteiger partial charge is 0.0558 e. The van der Waals surface area contributed by atoms with E-state index in [9.17, 15) is 0 Å². The van der Waals surface area contributed by atoms with Crippen molar-refractivity contribution in [1.29, 1.82) is 0 Å². The molecule has 0 aliphatic carbocycles. The third-order valence-electron chi connectivity index (χ3n) is 3.49. The first-order valence-corrected chi connectivity index (χ1v) is 13.3. The minimum atomic E-state index is -4.22. The van der Waals surface area contributed by atoms with E-state index in [1.54, 1.807) is 9.80 Å². The molecule has 0 amide bonds. The Morgan fingerprint density at radius 1 is 0.516 bits per heavy atom. The molecule has 0 bridgehead atoms. The van der Waals surface area contributed by atoms with Gasteiger partial charge in [-0.3, -0.25) is 9.80 Å². The molecule has 0 heterocycles. The molecular formula is C18H46N2O10Ti. The standard InChI is InChI=1S/2C6H15NO3.2C3H7O.2H2O.Ti/c2*8-4-1-7(2-5-9)3-6-10;2*1-2-3-4;;;/h2*8-10H,1-6H2;2*2-3H2,1H3;2*1H2;/q;;2*-1;;;+4/p-2. The Hall–Kier alpha value is 0.234. The molecule has 0 atom stereocenters. The van der Waals surface area contributed by atoms with Gasteiger partial charge in [-0.25, -0.2) is 0 Å². The predicted octanol–water partition coefficient (Wildman–Crippen LogP) is -2.83. The van der Waals surface area contributed by atoms with Gasteiger partial charge >= 0.3 is 72.1 Å². The van der Waals surface area contributed by atoms with Gasteiger partial charge < -0.3 is 30.6 Å². The van der Waals surface area contributed by atoms with E-state index in [4.69, 9.17) is 44.7 Å². The van der Waals surface area contributed by atoms with E-state index in [0.29, 0.717) is 52.5 Å². The minimum Gasteiger partial charge on any atom is -0.395 e. The number of nitrogens with zero attached hydrogens (tertiary/aromatic N) is 2. The molecule has 0 unspecified atom stereocenters. The summed E-state index contributed by atoms with van der Waals surface area (Å²) in [7, 11) is 0. The van der Waals surface area contributed by atoms with Crippen LogP contribution in [0.15, 0.2) is 0 Å². The van der Waals surface area contributed by atoms with Crippen LogP contribution in [0.25, 0.3) is 0 Å². The molecule has 31 heavy (non-hydrogen) atoms. The fourth-order valence-corrected chi connectivity index (χ4v) is 3.63. The summed E-state index contributed by atoms with van der Waals surface area (Å²) in [5, 5.41) is 50.9. The summed E-state index contributed by atoms with van der Waals surface area (Å²) < 4.78 is 27.7. The van der Waals surface area contributed by atoms with Gasteiger partial charge in [0.15, 0.2) is 0 Å². The van der Waals surface area contributed by atoms with Crippen molar-refractivity contribution in [3.05, 3.63) is 0 Å². The van der Waals surface area contributed by atoms with Crippen LogP contribution in [-0.4, -0.2) is 140 Å². The Morgan fingerprint density at radius 3 is 0.903 bits per heavy atom. The predicted molar refractivity (Wildman–Crippen MR) is 112 cm³/mol. The molecule has 0 saturated carbocycles. The van der Waals surface area contributed by atoms with Crippen LogP contribution < -0.4 is 0 Å². The first kappa shape index (κ1) is 35.8. The summed E-state index contributed by atoms with van der Waals surface area (Å²) in [6, 6.07) is 0. The number of rotatable bonds is 18. The molecule has 8 N–H and O–H groups in total. The van der Waals surface area contributed by atoms with Crippen molar-refractivity contribution in [1.82, 2.24) is 9.80 Å². The van der Waals surface area contributed by atoms with Gasteiger partial charge in [0, 0.05) is 39.3 Å². The SMILES string of the molecule is CCC[O][Ti]([OH])([OH])[O]CCC.OCCN(CCO)CCO.OCCN(CCO)CCO. The van der Waals surface area contributed by atoms with Crippen LogP contribution in [0.5, 0.6) is 0 Å².